The first-order valence-corrected chi connectivity index (χ1v) is 7.73. The third-order valence-electron chi connectivity index (χ3n) is 3.63. The molecule has 0 saturated heterocycles. The van der Waals surface area contributed by atoms with E-state index in [-0.39, 0.29) is 18.4 Å². The molecule has 1 N–H and O–H groups in total. The topological polar surface area (TPSA) is 73.9 Å². The van der Waals surface area contributed by atoms with Gasteiger partial charge in [-0.3, -0.25) is 9.59 Å². The van der Waals surface area contributed by atoms with E-state index < -0.39 is 12.1 Å². The number of rotatable bonds is 8. The number of carbonyl (C=O) groups excluding carboxylic acids is 2. The van der Waals surface area contributed by atoms with E-state index in [2.05, 4.69) is 5.32 Å². The van der Waals surface area contributed by atoms with Crippen LogP contribution in [0.1, 0.15) is 31.7 Å². The van der Waals surface area contributed by atoms with Gasteiger partial charge in [-0.1, -0.05) is 0 Å². The Morgan fingerprint density at radius 3 is 2.30 bits per heavy atom. The van der Waals surface area contributed by atoms with Gasteiger partial charge in [0.2, 0.25) is 0 Å². The molecule has 6 nitrogen and oxygen atoms in total. The molecule has 0 aliphatic heterocycles. The second kappa shape index (κ2) is 7.85. The summed E-state index contributed by atoms with van der Waals surface area (Å²) in [6.07, 6.45) is 1.93. The van der Waals surface area contributed by atoms with Gasteiger partial charge in [0.25, 0.3) is 5.91 Å². The molecule has 126 valence electrons. The molecular weight excluding hydrogens is 298 g/mol. The molecule has 1 aliphatic rings. The summed E-state index contributed by atoms with van der Waals surface area (Å²) >= 11 is 0. The maximum Gasteiger partial charge on any atom is 0.306 e. The second-order valence-corrected chi connectivity index (χ2v) is 5.64. The Bertz CT molecular complexity index is 546. The number of benzene rings is 1. The number of methoxy groups -OCH3 is 2. The summed E-state index contributed by atoms with van der Waals surface area (Å²) in [6, 6.07) is 5.72. The molecule has 0 aromatic heterocycles. The van der Waals surface area contributed by atoms with Crippen molar-refractivity contribution in [3.8, 4) is 11.5 Å². The maximum atomic E-state index is 11.9. The van der Waals surface area contributed by atoms with Gasteiger partial charge < -0.3 is 19.5 Å². The highest BCUT2D eigenvalue weighted by atomic mass is 16.5. The normalized spacial score (nSPS) is 14.7. The smallest absolute Gasteiger partial charge is 0.306 e. The summed E-state index contributed by atoms with van der Waals surface area (Å²) < 4.78 is 15.6. The molecule has 0 unspecified atom stereocenters. The van der Waals surface area contributed by atoms with Crippen molar-refractivity contribution in [1.82, 2.24) is 5.32 Å². The molecular formula is C17H23NO5. The summed E-state index contributed by atoms with van der Waals surface area (Å²) in [6.45, 7) is 1.59. The molecule has 1 fully saturated rings. The Labute approximate surface area is 136 Å². The SMILES string of the molecule is COc1cc(CCC(=O)O[C@H](C)C(=O)NC2CC2)cc(OC)c1. The Hall–Kier alpha value is -2.24. The van der Waals surface area contributed by atoms with Gasteiger partial charge in [0.05, 0.1) is 14.2 Å². The minimum Gasteiger partial charge on any atom is -0.497 e. The lowest BCUT2D eigenvalue weighted by atomic mass is 10.1. The van der Waals surface area contributed by atoms with Crippen LogP contribution in [0, 0.1) is 0 Å². The van der Waals surface area contributed by atoms with Gasteiger partial charge in [0.15, 0.2) is 6.10 Å². The number of amides is 1. The Morgan fingerprint density at radius 1 is 1.17 bits per heavy atom. The molecule has 0 radical (unpaired) electrons. The number of hydrogen-bond acceptors (Lipinski definition) is 5. The zero-order valence-electron chi connectivity index (χ0n) is 13.8. The highest BCUT2D eigenvalue weighted by molar-refractivity contribution is 5.83. The van der Waals surface area contributed by atoms with Crippen molar-refractivity contribution in [2.75, 3.05) is 14.2 Å². The maximum absolute atomic E-state index is 11.9. The van der Waals surface area contributed by atoms with Gasteiger partial charge in [-0.15, -0.1) is 0 Å². The number of aryl methyl sites for hydroxylation is 1. The van der Waals surface area contributed by atoms with Crippen molar-refractivity contribution < 1.29 is 23.8 Å². The third kappa shape index (κ3) is 5.47. The minimum atomic E-state index is -0.761. The highest BCUT2D eigenvalue weighted by Gasteiger charge is 2.27. The molecule has 1 aliphatic carbocycles. The lowest BCUT2D eigenvalue weighted by Gasteiger charge is -2.13. The average Bonchev–Trinajstić information content (AvgIpc) is 3.36. The monoisotopic (exact) mass is 321 g/mol. The van der Waals surface area contributed by atoms with Crippen LogP contribution in [-0.4, -0.2) is 38.2 Å². The fourth-order valence-electron chi connectivity index (χ4n) is 2.11. The number of carbonyl (C=O) groups is 2. The quantitative estimate of drug-likeness (QED) is 0.740. The molecule has 0 spiro atoms. The molecule has 23 heavy (non-hydrogen) atoms. The summed E-state index contributed by atoms with van der Waals surface area (Å²) in [5, 5.41) is 2.81. The lowest BCUT2D eigenvalue weighted by Crippen LogP contribution is -2.37. The molecule has 2 rings (SSSR count). The van der Waals surface area contributed by atoms with Gasteiger partial charge in [-0.2, -0.15) is 0 Å². The molecule has 1 atom stereocenters. The summed E-state index contributed by atoms with van der Waals surface area (Å²) in [5.74, 6) is 0.712. The van der Waals surface area contributed by atoms with Crippen LogP contribution in [0.15, 0.2) is 18.2 Å². The van der Waals surface area contributed by atoms with Crippen LogP contribution in [0.2, 0.25) is 0 Å². The molecule has 1 amide bonds. The lowest BCUT2D eigenvalue weighted by molar-refractivity contribution is -0.154. The van der Waals surface area contributed by atoms with Crippen molar-refractivity contribution in [2.24, 2.45) is 0 Å². The van der Waals surface area contributed by atoms with E-state index in [9.17, 15) is 9.59 Å². The van der Waals surface area contributed by atoms with E-state index in [1.165, 1.54) is 0 Å². The number of hydrogen-bond donors (Lipinski definition) is 1. The van der Waals surface area contributed by atoms with Crippen molar-refractivity contribution >= 4 is 11.9 Å². The van der Waals surface area contributed by atoms with E-state index in [0.717, 1.165) is 18.4 Å². The first kappa shape index (κ1) is 17.1. The predicted octanol–water partition coefficient (Wildman–Crippen LogP) is 1.85. The predicted molar refractivity (Wildman–Crippen MR) is 84.6 cm³/mol. The minimum absolute atomic E-state index is 0.192. The van der Waals surface area contributed by atoms with Gasteiger partial charge in [-0.25, -0.2) is 0 Å². The second-order valence-electron chi connectivity index (χ2n) is 5.64. The first-order valence-electron chi connectivity index (χ1n) is 7.73. The molecule has 0 heterocycles. The van der Waals surface area contributed by atoms with Crippen LogP contribution in [0.3, 0.4) is 0 Å². The van der Waals surface area contributed by atoms with Gasteiger partial charge in [-0.05, 0) is 43.9 Å². The first-order chi connectivity index (χ1) is 11.0. The van der Waals surface area contributed by atoms with Crippen LogP contribution in [0.4, 0.5) is 0 Å². The van der Waals surface area contributed by atoms with Crippen molar-refractivity contribution in [3.63, 3.8) is 0 Å². The van der Waals surface area contributed by atoms with Gasteiger partial charge >= 0.3 is 5.97 Å². The summed E-state index contributed by atoms with van der Waals surface area (Å²) in [5.41, 5.74) is 0.910. The Balaban J connectivity index is 1.82. The molecule has 1 aromatic carbocycles. The molecule has 1 aromatic rings. The van der Waals surface area contributed by atoms with Crippen molar-refractivity contribution in [1.29, 1.82) is 0 Å². The fourth-order valence-corrected chi connectivity index (χ4v) is 2.11. The standard InChI is InChI=1S/C17H23NO5/c1-11(17(20)18-13-5-6-13)23-16(19)7-4-12-8-14(21-2)10-15(9-12)22-3/h8-11,13H,4-7H2,1-3H3,(H,18,20)/t11-/m1/s1. The van der Waals surface area contributed by atoms with Gasteiger partial charge in [0.1, 0.15) is 11.5 Å². The zero-order valence-corrected chi connectivity index (χ0v) is 13.8. The largest absolute Gasteiger partial charge is 0.497 e. The molecule has 0 bridgehead atoms. The van der Waals surface area contributed by atoms with Crippen LogP contribution < -0.4 is 14.8 Å². The van der Waals surface area contributed by atoms with Crippen molar-refractivity contribution in [2.45, 2.75) is 44.8 Å². The highest BCUT2D eigenvalue weighted by Crippen LogP contribution is 2.23. The van der Waals surface area contributed by atoms with E-state index in [1.807, 2.05) is 12.1 Å². The summed E-state index contributed by atoms with van der Waals surface area (Å²) in [4.78, 5) is 23.6. The van der Waals surface area contributed by atoms with E-state index in [0.29, 0.717) is 17.9 Å². The molecule has 1 saturated carbocycles. The number of nitrogens with one attached hydrogen (secondary N) is 1. The van der Waals surface area contributed by atoms with Gasteiger partial charge in [0, 0.05) is 18.5 Å². The van der Waals surface area contributed by atoms with Crippen molar-refractivity contribution in [3.05, 3.63) is 23.8 Å². The average molecular weight is 321 g/mol. The third-order valence-corrected chi connectivity index (χ3v) is 3.63. The van der Waals surface area contributed by atoms with Crippen LogP contribution in [0.5, 0.6) is 11.5 Å². The fraction of sp³-hybridized carbons (Fsp3) is 0.529. The Kier molecular flexibility index (Phi) is 5.84. The zero-order chi connectivity index (χ0) is 16.8. The van der Waals surface area contributed by atoms with Crippen LogP contribution in [-0.2, 0) is 20.7 Å². The van der Waals surface area contributed by atoms with Crippen LogP contribution >= 0.6 is 0 Å². The molecule has 6 heteroatoms. The summed E-state index contributed by atoms with van der Waals surface area (Å²) in [7, 11) is 3.15. The van der Waals surface area contributed by atoms with E-state index >= 15 is 0 Å². The van der Waals surface area contributed by atoms with Crippen LogP contribution in [0.25, 0.3) is 0 Å². The van der Waals surface area contributed by atoms with E-state index in [1.54, 1.807) is 27.2 Å². The van der Waals surface area contributed by atoms with E-state index in [4.69, 9.17) is 14.2 Å². The number of esters is 1. The Morgan fingerprint density at radius 2 is 1.78 bits per heavy atom. The number of ether oxygens (including phenoxy) is 3.